The summed E-state index contributed by atoms with van der Waals surface area (Å²) in [5.41, 5.74) is 2.69. The molecule has 90 valence electrons. The standard InChI is InChI=1S/C13H16FN3/c1-10-5-6-17(16-10)9-12-7-11(8-15-2)3-4-13(12)14/h3-7,15H,8-9H2,1-2H3. The number of hydrogen-bond donors (Lipinski definition) is 1. The van der Waals surface area contributed by atoms with Crippen molar-refractivity contribution in [2.24, 2.45) is 0 Å². The molecule has 0 aliphatic heterocycles. The lowest BCUT2D eigenvalue weighted by Gasteiger charge is -2.07. The first-order valence-corrected chi connectivity index (χ1v) is 5.61. The molecule has 0 fully saturated rings. The maximum absolute atomic E-state index is 13.6. The van der Waals surface area contributed by atoms with E-state index in [9.17, 15) is 4.39 Å². The zero-order valence-electron chi connectivity index (χ0n) is 10.1. The van der Waals surface area contributed by atoms with Crippen LogP contribution in [0.25, 0.3) is 0 Å². The van der Waals surface area contributed by atoms with E-state index < -0.39 is 0 Å². The van der Waals surface area contributed by atoms with Crippen LogP contribution in [0, 0.1) is 12.7 Å². The Labute approximate surface area is 100 Å². The van der Waals surface area contributed by atoms with Gasteiger partial charge < -0.3 is 5.32 Å². The fourth-order valence-corrected chi connectivity index (χ4v) is 1.79. The normalized spacial score (nSPS) is 10.8. The molecule has 0 saturated heterocycles. The minimum atomic E-state index is -0.182. The summed E-state index contributed by atoms with van der Waals surface area (Å²) in [6.45, 7) is 3.13. The van der Waals surface area contributed by atoms with Crippen LogP contribution in [-0.4, -0.2) is 16.8 Å². The number of aromatic nitrogens is 2. The van der Waals surface area contributed by atoms with Crippen molar-refractivity contribution in [3.8, 4) is 0 Å². The maximum Gasteiger partial charge on any atom is 0.128 e. The number of rotatable bonds is 4. The first-order valence-electron chi connectivity index (χ1n) is 5.61. The van der Waals surface area contributed by atoms with Gasteiger partial charge in [0.15, 0.2) is 0 Å². The molecule has 1 aromatic heterocycles. The van der Waals surface area contributed by atoms with Gasteiger partial charge in [-0.15, -0.1) is 0 Å². The summed E-state index contributed by atoms with van der Waals surface area (Å²) < 4.78 is 15.4. The van der Waals surface area contributed by atoms with Crippen molar-refractivity contribution < 1.29 is 4.39 Å². The third-order valence-electron chi connectivity index (χ3n) is 2.60. The summed E-state index contributed by atoms with van der Waals surface area (Å²) in [4.78, 5) is 0. The number of aryl methyl sites for hydroxylation is 1. The molecule has 0 unspecified atom stereocenters. The molecule has 2 rings (SSSR count). The van der Waals surface area contributed by atoms with Crippen molar-refractivity contribution in [3.63, 3.8) is 0 Å². The van der Waals surface area contributed by atoms with Gasteiger partial charge in [0.25, 0.3) is 0 Å². The van der Waals surface area contributed by atoms with Crippen LogP contribution in [0.15, 0.2) is 30.5 Å². The molecular weight excluding hydrogens is 217 g/mol. The zero-order valence-corrected chi connectivity index (χ0v) is 10.1. The van der Waals surface area contributed by atoms with Gasteiger partial charge in [-0.2, -0.15) is 5.10 Å². The van der Waals surface area contributed by atoms with Crippen LogP contribution < -0.4 is 5.32 Å². The van der Waals surface area contributed by atoms with Gasteiger partial charge in [0, 0.05) is 18.3 Å². The Balaban J connectivity index is 2.22. The highest BCUT2D eigenvalue weighted by molar-refractivity contribution is 5.25. The van der Waals surface area contributed by atoms with Gasteiger partial charge in [-0.25, -0.2) is 4.39 Å². The molecular formula is C13H16FN3. The third-order valence-corrected chi connectivity index (χ3v) is 2.60. The molecule has 0 amide bonds. The Kier molecular flexibility index (Phi) is 3.54. The molecule has 17 heavy (non-hydrogen) atoms. The molecule has 0 radical (unpaired) electrons. The van der Waals surface area contributed by atoms with Crippen LogP contribution in [-0.2, 0) is 13.1 Å². The van der Waals surface area contributed by atoms with Crippen LogP contribution in [0.1, 0.15) is 16.8 Å². The third kappa shape index (κ3) is 2.91. The Bertz CT molecular complexity index is 505. The molecule has 0 spiro atoms. The molecule has 1 N–H and O–H groups in total. The SMILES string of the molecule is CNCc1ccc(F)c(Cn2ccc(C)n2)c1. The largest absolute Gasteiger partial charge is 0.316 e. The molecule has 4 heteroatoms. The van der Waals surface area contributed by atoms with Crippen molar-refractivity contribution in [3.05, 3.63) is 53.1 Å². The van der Waals surface area contributed by atoms with Gasteiger partial charge in [0.05, 0.1) is 12.2 Å². The Hall–Kier alpha value is -1.68. The molecule has 0 bridgehead atoms. The first-order chi connectivity index (χ1) is 8.19. The molecule has 0 saturated carbocycles. The van der Waals surface area contributed by atoms with Crippen molar-refractivity contribution >= 4 is 0 Å². The van der Waals surface area contributed by atoms with Crippen molar-refractivity contribution in [2.45, 2.75) is 20.0 Å². The van der Waals surface area contributed by atoms with Gasteiger partial charge in [0.2, 0.25) is 0 Å². The molecule has 1 heterocycles. The minimum Gasteiger partial charge on any atom is -0.316 e. The summed E-state index contributed by atoms with van der Waals surface area (Å²) in [5.74, 6) is -0.182. The summed E-state index contributed by atoms with van der Waals surface area (Å²) in [5, 5.41) is 7.31. The van der Waals surface area contributed by atoms with Crippen LogP contribution in [0.2, 0.25) is 0 Å². The average Bonchev–Trinajstić information content (AvgIpc) is 2.69. The lowest BCUT2D eigenvalue weighted by molar-refractivity contribution is 0.582. The summed E-state index contributed by atoms with van der Waals surface area (Å²) in [7, 11) is 1.87. The number of nitrogens with one attached hydrogen (secondary N) is 1. The van der Waals surface area contributed by atoms with Crippen LogP contribution in [0.3, 0.4) is 0 Å². The van der Waals surface area contributed by atoms with Gasteiger partial charge in [0.1, 0.15) is 5.82 Å². The van der Waals surface area contributed by atoms with E-state index in [-0.39, 0.29) is 5.82 Å². The molecule has 2 aromatic rings. The molecule has 0 aliphatic carbocycles. The van der Waals surface area contributed by atoms with E-state index in [0.29, 0.717) is 12.1 Å². The van der Waals surface area contributed by atoms with E-state index in [1.165, 1.54) is 6.07 Å². The van der Waals surface area contributed by atoms with E-state index in [4.69, 9.17) is 0 Å². The van der Waals surface area contributed by atoms with E-state index in [1.54, 1.807) is 10.7 Å². The quantitative estimate of drug-likeness (QED) is 0.876. The van der Waals surface area contributed by atoms with Gasteiger partial charge in [-0.3, -0.25) is 4.68 Å². The lowest BCUT2D eigenvalue weighted by atomic mass is 10.1. The highest BCUT2D eigenvalue weighted by Crippen LogP contribution is 2.12. The average molecular weight is 233 g/mol. The first kappa shape index (κ1) is 11.8. The van der Waals surface area contributed by atoms with Gasteiger partial charge in [-0.05, 0) is 37.7 Å². The van der Waals surface area contributed by atoms with Crippen LogP contribution >= 0.6 is 0 Å². The monoisotopic (exact) mass is 233 g/mol. The van der Waals surface area contributed by atoms with E-state index in [0.717, 1.165) is 17.8 Å². The molecule has 0 aliphatic rings. The predicted octanol–water partition coefficient (Wildman–Crippen LogP) is 2.10. The predicted molar refractivity (Wildman–Crippen MR) is 65.2 cm³/mol. The highest BCUT2D eigenvalue weighted by atomic mass is 19.1. The second kappa shape index (κ2) is 5.10. The topological polar surface area (TPSA) is 29.9 Å². The fourth-order valence-electron chi connectivity index (χ4n) is 1.79. The zero-order chi connectivity index (χ0) is 12.3. The Morgan fingerprint density at radius 2 is 2.18 bits per heavy atom. The molecule has 3 nitrogen and oxygen atoms in total. The second-order valence-corrected chi connectivity index (χ2v) is 4.11. The summed E-state index contributed by atoms with van der Waals surface area (Å²) in [6.07, 6.45) is 1.86. The fraction of sp³-hybridized carbons (Fsp3) is 0.308. The van der Waals surface area contributed by atoms with Gasteiger partial charge >= 0.3 is 0 Å². The van der Waals surface area contributed by atoms with E-state index in [2.05, 4.69) is 10.4 Å². The second-order valence-electron chi connectivity index (χ2n) is 4.11. The number of nitrogens with zero attached hydrogens (tertiary/aromatic N) is 2. The maximum atomic E-state index is 13.6. The van der Waals surface area contributed by atoms with Crippen LogP contribution in [0.5, 0.6) is 0 Å². The van der Waals surface area contributed by atoms with Crippen molar-refractivity contribution in [2.75, 3.05) is 7.05 Å². The minimum absolute atomic E-state index is 0.182. The lowest BCUT2D eigenvalue weighted by Crippen LogP contribution is -2.08. The number of benzene rings is 1. The molecule has 0 atom stereocenters. The van der Waals surface area contributed by atoms with Crippen LogP contribution in [0.4, 0.5) is 4.39 Å². The number of halogens is 1. The van der Waals surface area contributed by atoms with E-state index in [1.807, 2.05) is 32.3 Å². The highest BCUT2D eigenvalue weighted by Gasteiger charge is 2.05. The van der Waals surface area contributed by atoms with Gasteiger partial charge in [-0.1, -0.05) is 6.07 Å². The Morgan fingerprint density at radius 3 is 2.82 bits per heavy atom. The summed E-state index contributed by atoms with van der Waals surface area (Å²) in [6, 6.07) is 7.10. The Morgan fingerprint density at radius 1 is 1.35 bits per heavy atom. The smallest absolute Gasteiger partial charge is 0.128 e. The molecule has 1 aromatic carbocycles. The van der Waals surface area contributed by atoms with Crippen molar-refractivity contribution in [1.29, 1.82) is 0 Å². The number of hydrogen-bond acceptors (Lipinski definition) is 2. The van der Waals surface area contributed by atoms with E-state index >= 15 is 0 Å². The summed E-state index contributed by atoms with van der Waals surface area (Å²) >= 11 is 0. The van der Waals surface area contributed by atoms with Crippen molar-refractivity contribution in [1.82, 2.24) is 15.1 Å².